The first-order valence-corrected chi connectivity index (χ1v) is 16.0. The lowest BCUT2D eigenvalue weighted by atomic mass is 10.0. The van der Waals surface area contributed by atoms with Crippen LogP contribution in [0.25, 0.3) is 0 Å². The number of hydrogen-bond donors (Lipinski definition) is 0. The molecular weight excluding hydrogens is 466 g/mol. The van der Waals surface area contributed by atoms with E-state index in [9.17, 15) is 0 Å². The van der Waals surface area contributed by atoms with Gasteiger partial charge in [0.15, 0.2) is 0 Å². The van der Waals surface area contributed by atoms with Crippen molar-refractivity contribution >= 4 is 0 Å². The van der Waals surface area contributed by atoms with E-state index in [1.54, 1.807) is 0 Å². The third-order valence-electron chi connectivity index (χ3n) is 7.05. The fourth-order valence-corrected chi connectivity index (χ4v) is 4.86. The van der Waals surface area contributed by atoms with E-state index in [0.29, 0.717) is 0 Å². The predicted molar refractivity (Wildman–Crippen MR) is 156 cm³/mol. The molecule has 0 heterocycles. The number of likely N-dealkylation sites (N-methyl/N-ethyl adjacent to an activating group) is 1. The van der Waals surface area contributed by atoms with Crippen molar-refractivity contribution < 1.29 is 26.4 Å². The van der Waals surface area contributed by atoms with Crippen molar-refractivity contribution in [2.45, 2.75) is 161 Å². The minimum atomic E-state index is 0. The molecule has 0 aromatic rings. The van der Waals surface area contributed by atoms with Gasteiger partial charge in [-0.2, -0.15) is 0 Å². The van der Waals surface area contributed by atoms with E-state index in [2.05, 4.69) is 35.0 Å². The van der Waals surface area contributed by atoms with Gasteiger partial charge in [0.1, 0.15) is 12.6 Å². The lowest BCUT2D eigenvalue weighted by molar-refractivity contribution is -0.873. The SMILES string of the molecule is CCCCCCCCCCCCCCCCOC(COCCCCCCCCCC)C[N+](C)(C)C.[Cl-]. The molecule has 0 aliphatic heterocycles. The van der Waals surface area contributed by atoms with Gasteiger partial charge in [0.05, 0.1) is 27.7 Å². The van der Waals surface area contributed by atoms with Gasteiger partial charge in [-0.15, -0.1) is 0 Å². The Kier molecular flexibility index (Phi) is 31.6. The number of hydrogen-bond acceptors (Lipinski definition) is 2. The second kappa shape index (κ2) is 29.7. The zero-order chi connectivity index (χ0) is 25.9. The van der Waals surface area contributed by atoms with Gasteiger partial charge < -0.3 is 26.4 Å². The monoisotopic (exact) mass is 533 g/mol. The van der Waals surface area contributed by atoms with Crippen LogP contribution >= 0.6 is 0 Å². The molecule has 0 N–H and O–H groups in total. The number of rotatable bonds is 29. The molecule has 4 heteroatoms. The summed E-state index contributed by atoms with van der Waals surface area (Å²) in [6.45, 7) is 8.15. The van der Waals surface area contributed by atoms with E-state index in [0.717, 1.165) is 30.8 Å². The maximum Gasteiger partial charge on any atom is 0.130 e. The maximum absolute atomic E-state index is 6.27. The molecule has 0 bridgehead atoms. The topological polar surface area (TPSA) is 18.5 Å². The fourth-order valence-electron chi connectivity index (χ4n) is 4.86. The zero-order valence-electron chi connectivity index (χ0n) is 25.6. The van der Waals surface area contributed by atoms with E-state index in [-0.39, 0.29) is 18.5 Å². The summed E-state index contributed by atoms with van der Waals surface area (Å²) in [5, 5.41) is 0. The maximum atomic E-state index is 6.27. The van der Waals surface area contributed by atoms with Crippen LogP contribution in [-0.2, 0) is 9.47 Å². The molecule has 0 radical (unpaired) electrons. The lowest BCUT2D eigenvalue weighted by Crippen LogP contribution is -3.00. The van der Waals surface area contributed by atoms with Crippen LogP contribution in [0.5, 0.6) is 0 Å². The van der Waals surface area contributed by atoms with Crippen molar-refractivity contribution in [2.75, 3.05) is 47.5 Å². The minimum absolute atomic E-state index is 0. The molecule has 0 aromatic carbocycles. The van der Waals surface area contributed by atoms with Gasteiger partial charge in [0, 0.05) is 13.2 Å². The Morgan fingerprint density at radius 2 is 0.806 bits per heavy atom. The molecule has 0 saturated carbocycles. The van der Waals surface area contributed by atoms with Crippen LogP contribution in [0, 0.1) is 0 Å². The highest BCUT2D eigenvalue weighted by Gasteiger charge is 2.19. The van der Waals surface area contributed by atoms with Crippen LogP contribution in [0.4, 0.5) is 0 Å². The normalized spacial score (nSPS) is 12.6. The van der Waals surface area contributed by atoms with E-state index < -0.39 is 0 Å². The average Bonchev–Trinajstić information content (AvgIpc) is 2.81. The zero-order valence-corrected chi connectivity index (χ0v) is 26.4. The summed E-state index contributed by atoms with van der Waals surface area (Å²) in [6, 6.07) is 0. The smallest absolute Gasteiger partial charge is 0.130 e. The van der Waals surface area contributed by atoms with Gasteiger partial charge in [0.2, 0.25) is 0 Å². The Labute approximate surface area is 234 Å². The molecule has 220 valence electrons. The molecule has 1 atom stereocenters. The number of nitrogens with zero attached hydrogens (tertiary/aromatic N) is 1. The quantitative estimate of drug-likeness (QED) is 0.0784. The number of ether oxygens (including phenoxy) is 2. The molecular formula is C32H68ClNO2. The van der Waals surface area contributed by atoms with Crippen molar-refractivity contribution in [3.63, 3.8) is 0 Å². The van der Waals surface area contributed by atoms with Crippen LogP contribution in [0.3, 0.4) is 0 Å². The van der Waals surface area contributed by atoms with Gasteiger partial charge in [0.25, 0.3) is 0 Å². The van der Waals surface area contributed by atoms with Crippen LogP contribution in [0.1, 0.15) is 155 Å². The standard InChI is InChI=1S/C32H68NO2.ClH/c1-6-8-10-12-14-16-17-18-19-20-21-23-25-27-29-35-32(30-33(3,4)5)31-34-28-26-24-22-15-13-11-9-7-2;/h32H,6-31H2,1-5H3;1H/q+1;/p-1. The third-order valence-corrected chi connectivity index (χ3v) is 7.05. The average molecular weight is 534 g/mol. The molecule has 0 aliphatic carbocycles. The molecule has 0 aliphatic rings. The van der Waals surface area contributed by atoms with Crippen molar-refractivity contribution in [1.82, 2.24) is 0 Å². The molecule has 0 spiro atoms. The summed E-state index contributed by atoms with van der Waals surface area (Å²) in [7, 11) is 6.75. The highest BCUT2D eigenvalue weighted by Crippen LogP contribution is 2.13. The summed E-state index contributed by atoms with van der Waals surface area (Å²) in [4.78, 5) is 0. The Morgan fingerprint density at radius 1 is 0.472 bits per heavy atom. The van der Waals surface area contributed by atoms with Gasteiger partial charge >= 0.3 is 0 Å². The highest BCUT2D eigenvalue weighted by atomic mass is 35.5. The summed E-state index contributed by atoms with van der Waals surface area (Å²) in [6.07, 6.45) is 30.7. The molecule has 0 saturated heterocycles. The second-order valence-electron chi connectivity index (χ2n) is 12.1. The van der Waals surface area contributed by atoms with Gasteiger partial charge in [-0.3, -0.25) is 0 Å². The van der Waals surface area contributed by atoms with E-state index >= 15 is 0 Å². The van der Waals surface area contributed by atoms with E-state index in [4.69, 9.17) is 9.47 Å². The third kappa shape index (κ3) is 32.2. The van der Waals surface area contributed by atoms with Gasteiger partial charge in [-0.05, 0) is 12.8 Å². The first-order valence-electron chi connectivity index (χ1n) is 16.0. The Hall–Kier alpha value is 0.170. The molecule has 0 rings (SSSR count). The molecule has 1 unspecified atom stereocenters. The first kappa shape index (κ1) is 38.3. The Bertz CT molecular complexity index is 400. The Morgan fingerprint density at radius 3 is 1.17 bits per heavy atom. The van der Waals surface area contributed by atoms with Crippen molar-refractivity contribution in [3.05, 3.63) is 0 Å². The highest BCUT2D eigenvalue weighted by molar-refractivity contribution is 4.57. The minimum Gasteiger partial charge on any atom is -1.00 e. The number of unbranched alkanes of at least 4 members (excludes halogenated alkanes) is 20. The second-order valence-corrected chi connectivity index (χ2v) is 12.1. The van der Waals surface area contributed by atoms with Crippen molar-refractivity contribution in [3.8, 4) is 0 Å². The molecule has 0 aromatic heterocycles. The van der Waals surface area contributed by atoms with E-state index in [1.165, 1.54) is 141 Å². The summed E-state index contributed by atoms with van der Waals surface area (Å²) < 4.78 is 13.2. The van der Waals surface area contributed by atoms with Crippen molar-refractivity contribution in [2.24, 2.45) is 0 Å². The molecule has 36 heavy (non-hydrogen) atoms. The summed E-state index contributed by atoms with van der Waals surface area (Å²) >= 11 is 0. The summed E-state index contributed by atoms with van der Waals surface area (Å²) in [5.74, 6) is 0. The molecule has 3 nitrogen and oxygen atoms in total. The Balaban J connectivity index is 0. The van der Waals surface area contributed by atoms with Crippen LogP contribution in [0.2, 0.25) is 0 Å². The van der Waals surface area contributed by atoms with Crippen molar-refractivity contribution in [1.29, 1.82) is 0 Å². The van der Waals surface area contributed by atoms with Gasteiger partial charge in [-0.25, -0.2) is 0 Å². The molecule has 0 fully saturated rings. The predicted octanol–water partition coefficient (Wildman–Crippen LogP) is 6.72. The first-order chi connectivity index (χ1) is 17.0. The van der Waals surface area contributed by atoms with E-state index in [1.807, 2.05) is 0 Å². The van der Waals surface area contributed by atoms with Crippen LogP contribution in [-0.4, -0.2) is 58.1 Å². The van der Waals surface area contributed by atoms with Gasteiger partial charge in [-0.1, -0.05) is 142 Å². The number of halogens is 1. The molecule has 0 amide bonds. The number of quaternary nitrogens is 1. The largest absolute Gasteiger partial charge is 1.00 e. The fraction of sp³-hybridized carbons (Fsp3) is 1.00. The lowest BCUT2D eigenvalue weighted by Gasteiger charge is -2.29. The summed E-state index contributed by atoms with van der Waals surface area (Å²) in [5.41, 5.74) is 0. The van der Waals surface area contributed by atoms with Crippen LogP contribution in [0.15, 0.2) is 0 Å². The van der Waals surface area contributed by atoms with Crippen LogP contribution < -0.4 is 12.4 Å².